The number of methoxy groups -OCH3 is 1. The number of nitrogens with zero attached hydrogens (tertiary/aromatic N) is 3. The molecule has 1 aromatic heterocycles. The summed E-state index contributed by atoms with van der Waals surface area (Å²) in [6.07, 6.45) is 2.44. The van der Waals surface area contributed by atoms with E-state index in [1.807, 2.05) is 0 Å². The summed E-state index contributed by atoms with van der Waals surface area (Å²) in [5.41, 5.74) is 1.08. The first-order valence-corrected chi connectivity index (χ1v) is 7.79. The van der Waals surface area contributed by atoms with E-state index in [4.69, 9.17) is 4.74 Å². The molecular weight excluding hydrogens is 264 g/mol. The standard InChI is InChI=1S/C16H28N4O/c1-16(2,3)17-10-14-7-8-15(19-18-14)20-9-5-6-13(11-20)12-21-4/h7-8,13,17H,5-6,9-12H2,1-4H3. The van der Waals surface area contributed by atoms with Gasteiger partial charge in [0.2, 0.25) is 0 Å². The highest BCUT2D eigenvalue weighted by atomic mass is 16.5. The lowest BCUT2D eigenvalue weighted by Gasteiger charge is -2.33. The van der Waals surface area contributed by atoms with E-state index < -0.39 is 0 Å². The number of hydrogen-bond donors (Lipinski definition) is 1. The first-order chi connectivity index (χ1) is 9.98. The fourth-order valence-corrected chi connectivity index (χ4v) is 2.62. The molecule has 1 aliphatic rings. The largest absolute Gasteiger partial charge is 0.384 e. The highest BCUT2D eigenvalue weighted by Crippen LogP contribution is 2.21. The second-order valence-corrected chi connectivity index (χ2v) is 6.90. The Hall–Kier alpha value is -1.20. The van der Waals surface area contributed by atoms with Crippen LogP contribution in [0.15, 0.2) is 12.1 Å². The minimum atomic E-state index is 0.0978. The van der Waals surface area contributed by atoms with Crippen LogP contribution in [0.3, 0.4) is 0 Å². The van der Waals surface area contributed by atoms with Crippen molar-refractivity contribution in [3.8, 4) is 0 Å². The number of ether oxygens (including phenoxy) is 1. The lowest BCUT2D eigenvalue weighted by molar-refractivity contribution is 0.143. The van der Waals surface area contributed by atoms with Gasteiger partial charge in [0.25, 0.3) is 0 Å². The summed E-state index contributed by atoms with van der Waals surface area (Å²) in [6, 6.07) is 4.16. The van der Waals surface area contributed by atoms with Crippen molar-refractivity contribution in [1.29, 1.82) is 0 Å². The monoisotopic (exact) mass is 292 g/mol. The van der Waals surface area contributed by atoms with Gasteiger partial charge in [0.15, 0.2) is 5.82 Å². The normalized spacial score (nSPS) is 19.8. The molecular formula is C16H28N4O. The Morgan fingerprint density at radius 3 is 2.76 bits per heavy atom. The van der Waals surface area contributed by atoms with Gasteiger partial charge in [-0.25, -0.2) is 0 Å². The van der Waals surface area contributed by atoms with Crippen LogP contribution in [-0.2, 0) is 11.3 Å². The molecule has 0 aromatic carbocycles. The molecule has 2 rings (SSSR count). The molecule has 1 fully saturated rings. The van der Waals surface area contributed by atoms with Crippen LogP contribution in [0.4, 0.5) is 5.82 Å². The van der Waals surface area contributed by atoms with Crippen molar-refractivity contribution in [3.63, 3.8) is 0 Å². The summed E-state index contributed by atoms with van der Waals surface area (Å²) in [7, 11) is 1.77. The lowest BCUT2D eigenvalue weighted by Crippen LogP contribution is -2.38. The van der Waals surface area contributed by atoms with E-state index in [1.54, 1.807) is 7.11 Å². The number of anilines is 1. The SMILES string of the molecule is COCC1CCCN(c2ccc(CNC(C)(C)C)nn2)C1. The summed E-state index contributed by atoms with van der Waals surface area (Å²) < 4.78 is 5.28. The van der Waals surface area contributed by atoms with Gasteiger partial charge >= 0.3 is 0 Å². The molecule has 2 heterocycles. The van der Waals surface area contributed by atoms with E-state index in [0.29, 0.717) is 5.92 Å². The number of piperidine rings is 1. The Bertz CT molecular complexity index is 425. The van der Waals surface area contributed by atoms with Crippen molar-refractivity contribution < 1.29 is 4.74 Å². The van der Waals surface area contributed by atoms with E-state index >= 15 is 0 Å². The van der Waals surface area contributed by atoms with E-state index in [9.17, 15) is 0 Å². The molecule has 5 nitrogen and oxygen atoms in total. The summed E-state index contributed by atoms with van der Waals surface area (Å²) in [6.45, 7) is 10.1. The van der Waals surface area contributed by atoms with Crippen molar-refractivity contribution >= 4 is 5.82 Å². The van der Waals surface area contributed by atoms with Crippen molar-refractivity contribution in [2.75, 3.05) is 31.7 Å². The third-order valence-corrected chi connectivity index (χ3v) is 3.75. The zero-order valence-electron chi connectivity index (χ0n) is 13.7. The van der Waals surface area contributed by atoms with E-state index in [2.05, 4.69) is 53.3 Å². The smallest absolute Gasteiger partial charge is 0.151 e. The van der Waals surface area contributed by atoms with Crippen LogP contribution in [0.1, 0.15) is 39.3 Å². The third-order valence-electron chi connectivity index (χ3n) is 3.75. The summed E-state index contributed by atoms with van der Waals surface area (Å²) in [5.74, 6) is 1.59. The minimum Gasteiger partial charge on any atom is -0.384 e. The number of hydrogen-bond acceptors (Lipinski definition) is 5. The van der Waals surface area contributed by atoms with Gasteiger partial charge in [0, 0.05) is 32.3 Å². The zero-order valence-corrected chi connectivity index (χ0v) is 13.7. The lowest BCUT2D eigenvalue weighted by atomic mass is 9.99. The van der Waals surface area contributed by atoms with Gasteiger partial charge in [-0.2, -0.15) is 5.10 Å². The predicted octanol–water partition coefficient (Wildman–Crippen LogP) is 2.23. The Labute approximate surface area is 128 Å². The number of rotatable bonds is 5. The predicted molar refractivity (Wildman–Crippen MR) is 85.4 cm³/mol. The minimum absolute atomic E-state index is 0.0978. The fourth-order valence-electron chi connectivity index (χ4n) is 2.62. The summed E-state index contributed by atoms with van der Waals surface area (Å²) >= 11 is 0. The molecule has 21 heavy (non-hydrogen) atoms. The molecule has 0 amide bonds. The second kappa shape index (κ2) is 7.18. The Kier molecular flexibility index (Phi) is 5.53. The van der Waals surface area contributed by atoms with Crippen LogP contribution >= 0.6 is 0 Å². The van der Waals surface area contributed by atoms with Gasteiger partial charge in [-0.15, -0.1) is 5.10 Å². The van der Waals surface area contributed by atoms with Crippen LogP contribution in [0.2, 0.25) is 0 Å². The maximum Gasteiger partial charge on any atom is 0.151 e. The maximum atomic E-state index is 5.28. The van der Waals surface area contributed by atoms with E-state index in [0.717, 1.165) is 37.8 Å². The molecule has 0 radical (unpaired) electrons. The molecule has 1 atom stereocenters. The van der Waals surface area contributed by atoms with Crippen LogP contribution < -0.4 is 10.2 Å². The fraction of sp³-hybridized carbons (Fsp3) is 0.750. The molecule has 1 N–H and O–H groups in total. The van der Waals surface area contributed by atoms with Gasteiger partial charge in [0.1, 0.15) is 0 Å². The average molecular weight is 292 g/mol. The van der Waals surface area contributed by atoms with Crippen LogP contribution in [-0.4, -0.2) is 42.5 Å². The first kappa shape index (κ1) is 16.2. The Morgan fingerprint density at radius 2 is 2.14 bits per heavy atom. The molecule has 0 aliphatic carbocycles. The second-order valence-electron chi connectivity index (χ2n) is 6.90. The van der Waals surface area contributed by atoms with Gasteiger partial charge in [-0.3, -0.25) is 0 Å². The molecule has 5 heteroatoms. The molecule has 1 unspecified atom stereocenters. The van der Waals surface area contributed by atoms with Crippen molar-refractivity contribution in [3.05, 3.63) is 17.8 Å². The van der Waals surface area contributed by atoms with E-state index in [1.165, 1.54) is 12.8 Å². The highest BCUT2D eigenvalue weighted by Gasteiger charge is 2.21. The molecule has 1 aromatic rings. The quantitative estimate of drug-likeness (QED) is 0.902. The van der Waals surface area contributed by atoms with Gasteiger partial charge in [-0.05, 0) is 51.7 Å². The molecule has 1 aliphatic heterocycles. The van der Waals surface area contributed by atoms with Gasteiger partial charge < -0.3 is 15.0 Å². The Morgan fingerprint density at radius 1 is 1.33 bits per heavy atom. The molecule has 118 valence electrons. The molecule has 0 spiro atoms. The van der Waals surface area contributed by atoms with Crippen LogP contribution in [0.25, 0.3) is 0 Å². The van der Waals surface area contributed by atoms with Crippen LogP contribution in [0.5, 0.6) is 0 Å². The Balaban J connectivity index is 1.92. The maximum absolute atomic E-state index is 5.28. The molecule has 1 saturated heterocycles. The zero-order chi connectivity index (χ0) is 15.3. The van der Waals surface area contributed by atoms with Crippen LogP contribution in [0, 0.1) is 5.92 Å². The molecule has 0 saturated carbocycles. The first-order valence-electron chi connectivity index (χ1n) is 7.79. The van der Waals surface area contributed by atoms with Gasteiger partial charge in [-0.1, -0.05) is 0 Å². The number of aromatic nitrogens is 2. The third kappa shape index (κ3) is 5.25. The van der Waals surface area contributed by atoms with Gasteiger partial charge in [0.05, 0.1) is 12.3 Å². The van der Waals surface area contributed by atoms with E-state index in [-0.39, 0.29) is 5.54 Å². The topological polar surface area (TPSA) is 50.3 Å². The summed E-state index contributed by atoms with van der Waals surface area (Å²) in [4.78, 5) is 2.32. The summed E-state index contributed by atoms with van der Waals surface area (Å²) in [5, 5.41) is 12.2. The van der Waals surface area contributed by atoms with Crippen molar-refractivity contribution in [1.82, 2.24) is 15.5 Å². The van der Waals surface area contributed by atoms with Crippen molar-refractivity contribution in [2.24, 2.45) is 5.92 Å². The number of nitrogens with one attached hydrogen (secondary N) is 1. The highest BCUT2D eigenvalue weighted by molar-refractivity contribution is 5.37. The molecule has 0 bridgehead atoms. The van der Waals surface area contributed by atoms with Crippen molar-refractivity contribution in [2.45, 2.75) is 45.7 Å². The average Bonchev–Trinajstić information content (AvgIpc) is 2.46.